The van der Waals surface area contributed by atoms with Crippen molar-refractivity contribution in [3.8, 4) is 5.75 Å². The maximum absolute atomic E-state index is 11.6. The summed E-state index contributed by atoms with van der Waals surface area (Å²) in [5.74, 6) is 1.13. The number of hydrogen-bond acceptors (Lipinski definition) is 3. The Morgan fingerprint density at radius 2 is 2.30 bits per heavy atom. The molecule has 0 radical (unpaired) electrons. The predicted molar refractivity (Wildman–Crippen MR) is 82.8 cm³/mol. The number of benzene rings is 1. The van der Waals surface area contributed by atoms with Gasteiger partial charge in [0, 0.05) is 36.6 Å². The molecule has 4 nitrogen and oxygen atoms in total. The van der Waals surface area contributed by atoms with Gasteiger partial charge in [-0.2, -0.15) is 0 Å². The Balaban J connectivity index is 1.86. The minimum atomic E-state index is 0.273. The second-order valence-corrected chi connectivity index (χ2v) is 6.04. The summed E-state index contributed by atoms with van der Waals surface area (Å²) in [6.45, 7) is 4.54. The summed E-state index contributed by atoms with van der Waals surface area (Å²) in [5, 5.41) is 3.46. The lowest BCUT2D eigenvalue weighted by Gasteiger charge is -2.22. The monoisotopic (exact) mass is 340 g/mol. The zero-order valence-electron chi connectivity index (χ0n) is 12.0. The fourth-order valence-corrected chi connectivity index (χ4v) is 2.78. The number of likely N-dealkylation sites (tertiary alicyclic amines) is 1. The van der Waals surface area contributed by atoms with E-state index in [1.807, 2.05) is 23.1 Å². The Hall–Kier alpha value is -1.07. The smallest absolute Gasteiger partial charge is 0.222 e. The Bertz CT molecular complexity index is 479. The molecule has 0 spiro atoms. The lowest BCUT2D eigenvalue weighted by atomic mass is 10.2. The van der Waals surface area contributed by atoms with Gasteiger partial charge in [-0.15, -0.1) is 0 Å². The summed E-state index contributed by atoms with van der Waals surface area (Å²) >= 11 is 3.55. The van der Waals surface area contributed by atoms with Crippen LogP contribution in [-0.2, 0) is 11.3 Å². The van der Waals surface area contributed by atoms with Gasteiger partial charge in [0.05, 0.1) is 7.11 Å². The summed E-state index contributed by atoms with van der Waals surface area (Å²) in [6, 6.07) is 6.21. The SMILES string of the molecule is COc1ccc(Br)c(CNC(C)CN2CCCC2=O)c1. The average Bonchev–Trinajstić information content (AvgIpc) is 2.83. The first kappa shape index (κ1) is 15.3. The normalized spacial score (nSPS) is 16.6. The molecule has 1 heterocycles. The molecule has 1 fully saturated rings. The van der Waals surface area contributed by atoms with Crippen LogP contribution >= 0.6 is 15.9 Å². The van der Waals surface area contributed by atoms with E-state index in [-0.39, 0.29) is 11.9 Å². The van der Waals surface area contributed by atoms with Gasteiger partial charge in [-0.25, -0.2) is 0 Å². The maximum Gasteiger partial charge on any atom is 0.222 e. The molecule has 1 aliphatic rings. The molecular formula is C15H21BrN2O2. The van der Waals surface area contributed by atoms with Crippen LogP contribution in [0, 0.1) is 0 Å². The molecule has 2 rings (SSSR count). The molecule has 110 valence electrons. The molecule has 1 unspecified atom stereocenters. The van der Waals surface area contributed by atoms with Crippen molar-refractivity contribution in [2.75, 3.05) is 20.2 Å². The molecule has 0 bridgehead atoms. The van der Waals surface area contributed by atoms with Gasteiger partial charge in [0.25, 0.3) is 0 Å². The number of amides is 1. The van der Waals surface area contributed by atoms with Crippen LogP contribution in [0.2, 0.25) is 0 Å². The molecule has 1 saturated heterocycles. The van der Waals surface area contributed by atoms with Crippen molar-refractivity contribution < 1.29 is 9.53 Å². The molecule has 1 aliphatic heterocycles. The Labute approximate surface area is 128 Å². The minimum Gasteiger partial charge on any atom is -0.497 e. The first-order valence-electron chi connectivity index (χ1n) is 6.93. The molecule has 0 aliphatic carbocycles. The molecule has 1 N–H and O–H groups in total. The van der Waals surface area contributed by atoms with E-state index in [4.69, 9.17) is 4.74 Å². The number of nitrogens with zero attached hydrogens (tertiary/aromatic N) is 1. The van der Waals surface area contributed by atoms with Gasteiger partial charge < -0.3 is 15.0 Å². The maximum atomic E-state index is 11.6. The molecule has 0 saturated carbocycles. The van der Waals surface area contributed by atoms with Crippen LogP contribution in [0.1, 0.15) is 25.3 Å². The predicted octanol–water partition coefficient (Wildman–Crippen LogP) is 2.56. The highest BCUT2D eigenvalue weighted by Gasteiger charge is 2.21. The van der Waals surface area contributed by atoms with Crippen LogP contribution in [0.3, 0.4) is 0 Å². The quantitative estimate of drug-likeness (QED) is 0.865. The summed E-state index contributed by atoms with van der Waals surface area (Å²) < 4.78 is 6.30. The molecule has 1 atom stereocenters. The number of methoxy groups -OCH3 is 1. The van der Waals surface area contributed by atoms with Gasteiger partial charge in [-0.05, 0) is 37.1 Å². The molecule has 1 aromatic carbocycles. The molecule has 20 heavy (non-hydrogen) atoms. The molecular weight excluding hydrogens is 320 g/mol. The number of ether oxygens (including phenoxy) is 1. The van der Waals surface area contributed by atoms with Crippen LogP contribution in [-0.4, -0.2) is 37.0 Å². The fourth-order valence-electron chi connectivity index (χ4n) is 2.39. The van der Waals surface area contributed by atoms with E-state index in [0.717, 1.165) is 41.8 Å². The Kier molecular flexibility index (Phi) is 5.43. The summed E-state index contributed by atoms with van der Waals surface area (Å²) in [6.07, 6.45) is 1.70. The second-order valence-electron chi connectivity index (χ2n) is 5.18. The third-order valence-electron chi connectivity index (χ3n) is 3.56. The van der Waals surface area contributed by atoms with E-state index in [9.17, 15) is 4.79 Å². The number of carbonyl (C=O) groups is 1. The van der Waals surface area contributed by atoms with Crippen molar-refractivity contribution in [1.82, 2.24) is 10.2 Å². The number of carbonyl (C=O) groups excluding carboxylic acids is 1. The van der Waals surface area contributed by atoms with Gasteiger partial charge in [0.1, 0.15) is 5.75 Å². The van der Waals surface area contributed by atoms with Crippen LogP contribution in [0.15, 0.2) is 22.7 Å². The fraction of sp³-hybridized carbons (Fsp3) is 0.533. The third-order valence-corrected chi connectivity index (χ3v) is 4.33. The number of rotatable bonds is 6. The zero-order valence-corrected chi connectivity index (χ0v) is 13.6. The highest BCUT2D eigenvalue weighted by molar-refractivity contribution is 9.10. The number of halogens is 1. The van der Waals surface area contributed by atoms with Gasteiger partial charge in [0.15, 0.2) is 0 Å². The zero-order chi connectivity index (χ0) is 14.5. The van der Waals surface area contributed by atoms with Crippen molar-refractivity contribution in [3.63, 3.8) is 0 Å². The van der Waals surface area contributed by atoms with Crippen LogP contribution in [0.4, 0.5) is 0 Å². The number of hydrogen-bond donors (Lipinski definition) is 1. The second kappa shape index (κ2) is 7.09. The molecule has 1 aromatic rings. The summed E-state index contributed by atoms with van der Waals surface area (Å²) in [5.41, 5.74) is 1.16. The average molecular weight is 341 g/mol. The highest BCUT2D eigenvalue weighted by Crippen LogP contribution is 2.22. The van der Waals surface area contributed by atoms with Gasteiger partial charge in [-0.1, -0.05) is 15.9 Å². The molecule has 5 heteroatoms. The lowest BCUT2D eigenvalue weighted by Crippen LogP contribution is -2.39. The van der Waals surface area contributed by atoms with E-state index in [2.05, 4.69) is 28.2 Å². The van der Waals surface area contributed by atoms with E-state index in [0.29, 0.717) is 6.42 Å². The molecule has 1 amide bonds. The van der Waals surface area contributed by atoms with E-state index < -0.39 is 0 Å². The van der Waals surface area contributed by atoms with Crippen molar-refractivity contribution in [2.24, 2.45) is 0 Å². The van der Waals surface area contributed by atoms with Crippen molar-refractivity contribution in [2.45, 2.75) is 32.4 Å². The topological polar surface area (TPSA) is 41.6 Å². The number of nitrogens with one attached hydrogen (secondary N) is 1. The first-order chi connectivity index (χ1) is 9.60. The summed E-state index contributed by atoms with van der Waals surface area (Å²) in [7, 11) is 1.67. The van der Waals surface area contributed by atoms with Crippen molar-refractivity contribution in [1.29, 1.82) is 0 Å². The van der Waals surface area contributed by atoms with Gasteiger partial charge in [0.2, 0.25) is 5.91 Å². The first-order valence-corrected chi connectivity index (χ1v) is 7.73. The van der Waals surface area contributed by atoms with E-state index >= 15 is 0 Å². The lowest BCUT2D eigenvalue weighted by molar-refractivity contribution is -0.127. The van der Waals surface area contributed by atoms with E-state index in [1.165, 1.54) is 0 Å². The van der Waals surface area contributed by atoms with Gasteiger partial charge >= 0.3 is 0 Å². The van der Waals surface area contributed by atoms with Crippen LogP contribution in [0.5, 0.6) is 5.75 Å². The molecule has 0 aromatic heterocycles. The van der Waals surface area contributed by atoms with E-state index in [1.54, 1.807) is 7.11 Å². The highest BCUT2D eigenvalue weighted by atomic mass is 79.9. The van der Waals surface area contributed by atoms with Crippen molar-refractivity contribution in [3.05, 3.63) is 28.2 Å². The minimum absolute atomic E-state index is 0.273. The summed E-state index contributed by atoms with van der Waals surface area (Å²) in [4.78, 5) is 13.5. The third kappa shape index (κ3) is 3.96. The van der Waals surface area contributed by atoms with Crippen LogP contribution < -0.4 is 10.1 Å². The Morgan fingerprint density at radius 3 is 2.95 bits per heavy atom. The van der Waals surface area contributed by atoms with Crippen LogP contribution in [0.25, 0.3) is 0 Å². The van der Waals surface area contributed by atoms with Crippen molar-refractivity contribution >= 4 is 21.8 Å². The van der Waals surface area contributed by atoms with Gasteiger partial charge in [-0.3, -0.25) is 4.79 Å². The Morgan fingerprint density at radius 1 is 1.50 bits per heavy atom. The largest absolute Gasteiger partial charge is 0.497 e. The standard InChI is InChI=1S/C15H21BrN2O2/c1-11(10-18-7-3-4-15(18)19)17-9-12-8-13(20-2)5-6-14(12)16/h5-6,8,11,17H,3-4,7,9-10H2,1-2H3.